The van der Waals surface area contributed by atoms with E-state index in [-0.39, 0.29) is 10.8 Å². The SMILES string of the molecule is CC(C)(C)c1cc(-c2[c]cccc2)cc(C(C)(C)C)c1. The van der Waals surface area contributed by atoms with Crippen molar-refractivity contribution in [1.29, 1.82) is 0 Å². The van der Waals surface area contributed by atoms with E-state index in [0.29, 0.717) is 0 Å². The molecule has 0 aromatic heterocycles. The van der Waals surface area contributed by atoms with Crippen LogP contribution in [0.5, 0.6) is 0 Å². The molecule has 1 radical (unpaired) electrons. The fourth-order valence-corrected chi connectivity index (χ4v) is 2.22. The van der Waals surface area contributed by atoms with E-state index in [4.69, 9.17) is 0 Å². The molecule has 0 N–H and O–H groups in total. The maximum absolute atomic E-state index is 3.34. The Morgan fingerprint density at radius 1 is 0.750 bits per heavy atom. The largest absolute Gasteiger partial charge is 0.0616 e. The summed E-state index contributed by atoms with van der Waals surface area (Å²) < 4.78 is 0. The molecule has 2 aromatic carbocycles. The minimum Gasteiger partial charge on any atom is -0.0616 e. The van der Waals surface area contributed by atoms with Crippen molar-refractivity contribution in [3.8, 4) is 11.1 Å². The Balaban J connectivity index is 2.64. The summed E-state index contributed by atoms with van der Waals surface area (Å²) in [6, 6.07) is 18.5. The standard InChI is InChI=1S/C20H25/c1-19(2,3)17-12-16(15-10-8-7-9-11-15)13-18(14-17)20(4,5)6/h7-10,12-14H,1-6H3. The molecule has 0 aliphatic heterocycles. The average Bonchev–Trinajstić information content (AvgIpc) is 2.37. The van der Waals surface area contributed by atoms with Gasteiger partial charge in [-0.25, -0.2) is 0 Å². The van der Waals surface area contributed by atoms with Crippen molar-refractivity contribution in [3.05, 3.63) is 59.7 Å². The summed E-state index contributed by atoms with van der Waals surface area (Å²) in [4.78, 5) is 0. The predicted molar refractivity (Wildman–Crippen MR) is 88.1 cm³/mol. The Labute approximate surface area is 123 Å². The third-order valence-corrected chi connectivity index (χ3v) is 3.69. The van der Waals surface area contributed by atoms with Gasteiger partial charge in [0.1, 0.15) is 0 Å². The summed E-state index contributed by atoms with van der Waals surface area (Å²) in [6.45, 7) is 13.6. The third-order valence-electron chi connectivity index (χ3n) is 3.69. The van der Waals surface area contributed by atoms with Gasteiger partial charge in [-0.2, -0.15) is 0 Å². The molecule has 0 fully saturated rings. The van der Waals surface area contributed by atoms with Crippen molar-refractivity contribution >= 4 is 0 Å². The van der Waals surface area contributed by atoms with E-state index in [9.17, 15) is 0 Å². The Morgan fingerprint density at radius 3 is 1.70 bits per heavy atom. The second kappa shape index (κ2) is 5.09. The van der Waals surface area contributed by atoms with Crippen LogP contribution in [0.2, 0.25) is 0 Å². The van der Waals surface area contributed by atoms with Gasteiger partial charge in [-0.05, 0) is 39.2 Å². The lowest BCUT2D eigenvalue weighted by molar-refractivity contribution is 0.569. The van der Waals surface area contributed by atoms with Gasteiger partial charge < -0.3 is 0 Å². The summed E-state index contributed by atoms with van der Waals surface area (Å²) in [5.74, 6) is 0. The molecule has 0 nitrogen and oxygen atoms in total. The average molecular weight is 265 g/mol. The fraction of sp³-hybridized carbons (Fsp3) is 0.400. The smallest absolute Gasteiger partial charge is 0.00992 e. The molecular weight excluding hydrogens is 240 g/mol. The molecule has 0 unspecified atom stereocenters. The summed E-state index contributed by atoms with van der Waals surface area (Å²) in [5, 5.41) is 0. The molecule has 105 valence electrons. The van der Waals surface area contributed by atoms with Crippen LogP contribution in [0.15, 0.2) is 42.5 Å². The quantitative estimate of drug-likeness (QED) is 0.616. The van der Waals surface area contributed by atoms with Gasteiger partial charge in [-0.15, -0.1) is 0 Å². The van der Waals surface area contributed by atoms with Crippen molar-refractivity contribution in [2.45, 2.75) is 52.4 Å². The first-order valence-electron chi connectivity index (χ1n) is 7.31. The molecule has 0 saturated heterocycles. The fourth-order valence-electron chi connectivity index (χ4n) is 2.22. The molecule has 2 aromatic rings. The zero-order valence-electron chi connectivity index (χ0n) is 13.5. The molecular formula is C20H25. The molecule has 0 aliphatic carbocycles. The highest BCUT2D eigenvalue weighted by Crippen LogP contribution is 2.33. The number of benzene rings is 2. The van der Waals surface area contributed by atoms with Crippen LogP contribution >= 0.6 is 0 Å². The van der Waals surface area contributed by atoms with E-state index in [2.05, 4.69) is 77.9 Å². The highest BCUT2D eigenvalue weighted by atomic mass is 14.2. The van der Waals surface area contributed by atoms with Crippen LogP contribution in [0.3, 0.4) is 0 Å². The monoisotopic (exact) mass is 265 g/mol. The summed E-state index contributed by atoms with van der Waals surface area (Å²) in [7, 11) is 0. The molecule has 0 atom stereocenters. The Kier molecular flexibility index (Phi) is 3.77. The van der Waals surface area contributed by atoms with Gasteiger partial charge in [0, 0.05) is 0 Å². The van der Waals surface area contributed by atoms with Crippen molar-refractivity contribution < 1.29 is 0 Å². The van der Waals surface area contributed by atoms with Gasteiger partial charge in [-0.3, -0.25) is 0 Å². The van der Waals surface area contributed by atoms with E-state index in [1.54, 1.807) is 0 Å². The van der Waals surface area contributed by atoms with Crippen LogP contribution < -0.4 is 0 Å². The molecule has 0 bridgehead atoms. The number of hydrogen-bond acceptors (Lipinski definition) is 0. The molecule has 0 amide bonds. The van der Waals surface area contributed by atoms with E-state index in [1.807, 2.05) is 12.1 Å². The molecule has 20 heavy (non-hydrogen) atoms. The van der Waals surface area contributed by atoms with E-state index in [0.717, 1.165) is 0 Å². The van der Waals surface area contributed by atoms with E-state index >= 15 is 0 Å². The molecule has 0 aliphatic rings. The predicted octanol–water partition coefficient (Wildman–Crippen LogP) is 5.75. The minimum absolute atomic E-state index is 0.158. The van der Waals surface area contributed by atoms with Crippen LogP contribution in [0.25, 0.3) is 11.1 Å². The Hall–Kier alpha value is -1.56. The second-order valence-corrected chi connectivity index (χ2v) is 7.58. The first-order valence-corrected chi connectivity index (χ1v) is 7.31. The van der Waals surface area contributed by atoms with Gasteiger partial charge in [0.05, 0.1) is 0 Å². The van der Waals surface area contributed by atoms with Crippen LogP contribution in [0, 0.1) is 6.07 Å². The lowest BCUT2D eigenvalue weighted by Gasteiger charge is -2.26. The second-order valence-electron chi connectivity index (χ2n) is 7.58. The minimum atomic E-state index is 0.158. The van der Waals surface area contributed by atoms with Gasteiger partial charge in [0.2, 0.25) is 0 Å². The van der Waals surface area contributed by atoms with E-state index in [1.165, 1.54) is 22.3 Å². The van der Waals surface area contributed by atoms with Gasteiger partial charge >= 0.3 is 0 Å². The summed E-state index contributed by atoms with van der Waals surface area (Å²) in [6.07, 6.45) is 0. The zero-order valence-corrected chi connectivity index (χ0v) is 13.5. The molecule has 0 saturated carbocycles. The molecule has 0 spiro atoms. The van der Waals surface area contributed by atoms with Gasteiger partial charge in [-0.1, -0.05) is 84.0 Å². The lowest BCUT2D eigenvalue weighted by atomic mass is 9.79. The first-order chi connectivity index (χ1) is 9.18. The first kappa shape index (κ1) is 14.8. The van der Waals surface area contributed by atoms with Crippen LogP contribution in [0.4, 0.5) is 0 Å². The number of rotatable bonds is 1. The van der Waals surface area contributed by atoms with E-state index < -0.39 is 0 Å². The lowest BCUT2D eigenvalue weighted by Crippen LogP contribution is -2.16. The Bertz CT molecular complexity index is 545. The number of hydrogen-bond donors (Lipinski definition) is 0. The van der Waals surface area contributed by atoms with Crippen LogP contribution in [0.1, 0.15) is 52.7 Å². The van der Waals surface area contributed by atoms with Crippen LogP contribution in [-0.2, 0) is 10.8 Å². The third kappa shape index (κ3) is 3.30. The maximum Gasteiger partial charge on any atom is -0.00992 e. The van der Waals surface area contributed by atoms with Crippen LogP contribution in [-0.4, -0.2) is 0 Å². The highest BCUT2D eigenvalue weighted by Gasteiger charge is 2.20. The van der Waals surface area contributed by atoms with Crippen molar-refractivity contribution in [1.82, 2.24) is 0 Å². The molecule has 2 rings (SSSR count). The normalized spacial score (nSPS) is 12.5. The summed E-state index contributed by atoms with van der Waals surface area (Å²) in [5.41, 5.74) is 5.52. The maximum atomic E-state index is 3.34. The highest BCUT2D eigenvalue weighted by molar-refractivity contribution is 5.65. The summed E-state index contributed by atoms with van der Waals surface area (Å²) >= 11 is 0. The zero-order chi connectivity index (χ0) is 15.0. The van der Waals surface area contributed by atoms with Gasteiger partial charge in [0.25, 0.3) is 0 Å². The van der Waals surface area contributed by atoms with Crippen molar-refractivity contribution in [3.63, 3.8) is 0 Å². The Morgan fingerprint density at radius 2 is 1.30 bits per heavy atom. The van der Waals surface area contributed by atoms with Crippen molar-refractivity contribution in [2.75, 3.05) is 0 Å². The molecule has 0 heterocycles. The molecule has 0 heteroatoms. The topological polar surface area (TPSA) is 0 Å². The van der Waals surface area contributed by atoms with Crippen molar-refractivity contribution in [2.24, 2.45) is 0 Å². The van der Waals surface area contributed by atoms with Gasteiger partial charge in [0.15, 0.2) is 0 Å².